The highest BCUT2D eigenvalue weighted by molar-refractivity contribution is 5.20. The number of aryl methyl sites for hydroxylation is 2. The zero-order valence-electron chi connectivity index (χ0n) is 15.5. The fourth-order valence-corrected chi connectivity index (χ4v) is 5.47. The Kier molecular flexibility index (Phi) is 4.70. The third-order valence-electron chi connectivity index (χ3n) is 6.81. The van der Waals surface area contributed by atoms with Gasteiger partial charge in [0.25, 0.3) is 0 Å². The largest absolute Gasteiger partial charge is 0.361 e. The fourth-order valence-electron chi connectivity index (χ4n) is 5.47. The normalized spacial score (nSPS) is 29.9. The van der Waals surface area contributed by atoms with Crippen LogP contribution in [0.15, 0.2) is 4.52 Å². The van der Waals surface area contributed by atoms with Crippen molar-refractivity contribution in [1.29, 1.82) is 0 Å². The summed E-state index contributed by atoms with van der Waals surface area (Å²) < 4.78 is 5.36. The minimum atomic E-state index is 0.551. The summed E-state index contributed by atoms with van der Waals surface area (Å²) in [7, 11) is 0. The molecular weight excluding hydrogens is 298 g/mol. The van der Waals surface area contributed by atoms with Crippen molar-refractivity contribution in [2.24, 2.45) is 11.3 Å². The third kappa shape index (κ3) is 3.41. The van der Waals surface area contributed by atoms with Crippen LogP contribution >= 0.6 is 0 Å². The van der Waals surface area contributed by atoms with Crippen molar-refractivity contribution in [1.82, 2.24) is 15.0 Å². The molecule has 4 rings (SSSR count). The van der Waals surface area contributed by atoms with E-state index in [4.69, 9.17) is 4.52 Å². The molecule has 1 aromatic rings. The van der Waals surface area contributed by atoms with Crippen molar-refractivity contribution in [3.8, 4) is 0 Å². The Balaban J connectivity index is 1.36. The second kappa shape index (κ2) is 6.80. The molecule has 0 radical (unpaired) electrons. The maximum atomic E-state index is 5.36. The molecule has 0 unspecified atom stereocenters. The molecule has 134 valence electrons. The fraction of sp³-hybridized carbons (Fsp3) is 0.850. The van der Waals surface area contributed by atoms with Gasteiger partial charge in [-0.05, 0) is 70.4 Å². The second-order valence-corrected chi connectivity index (χ2v) is 8.75. The van der Waals surface area contributed by atoms with Crippen LogP contribution in [0.1, 0.15) is 62.0 Å². The van der Waals surface area contributed by atoms with Gasteiger partial charge in [0.15, 0.2) is 0 Å². The highest BCUT2D eigenvalue weighted by Crippen LogP contribution is 2.40. The molecule has 1 atom stereocenters. The Morgan fingerprint density at radius 3 is 2.58 bits per heavy atom. The Hall–Kier alpha value is -0.870. The zero-order valence-corrected chi connectivity index (χ0v) is 15.5. The van der Waals surface area contributed by atoms with Gasteiger partial charge in [-0.1, -0.05) is 18.0 Å². The molecular formula is C20H33N3O. The van der Waals surface area contributed by atoms with Crippen molar-refractivity contribution >= 4 is 0 Å². The summed E-state index contributed by atoms with van der Waals surface area (Å²) in [5, 5.41) is 4.13. The molecule has 1 aliphatic carbocycles. The number of hydrogen-bond donors (Lipinski definition) is 0. The van der Waals surface area contributed by atoms with E-state index < -0.39 is 0 Å². The highest BCUT2D eigenvalue weighted by atomic mass is 16.5. The molecule has 0 aromatic carbocycles. The van der Waals surface area contributed by atoms with E-state index in [0.717, 1.165) is 23.9 Å². The van der Waals surface area contributed by atoms with E-state index in [1.165, 1.54) is 83.2 Å². The lowest BCUT2D eigenvalue weighted by atomic mass is 9.79. The van der Waals surface area contributed by atoms with Crippen LogP contribution < -0.4 is 0 Å². The average Bonchev–Trinajstić information content (AvgIpc) is 3.27. The Morgan fingerprint density at radius 2 is 1.83 bits per heavy atom. The average molecular weight is 332 g/mol. The van der Waals surface area contributed by atoms with Crippen molar-refractivity contribution in [2.45, 2.75) is 65.3 Å². The number of likely N-dealkylation sites (tertiary alicyclic amines) is 2. The molecule has 4 nitrogen and oxygen atoms in total. The van der Waals surface area contributed by atoms with Gasteiger partial charge >= 0.3 is 0 Å². The second-order valence-electron chi connectivity index (χ2n) is 8.75. The van der Waals surface area contributed by atoms with E-state index >= 15 is 0 Å². The summed E-state index contributed by atoms with van der Waals surface area (Å²) in [4.78, 5) is 5.45. The smallest absolute Gasteiger partial charge is 0.138 e. The molecule has 2 saturated heterocycles. The zero-order chi connectivity index (χ0) is 16.6. The lowest BCUT2D eigenvalue weighted by molar-refractivity contribution is 0.0851. The maximum absolute atomic E-state index is 5.36. The predicted molar refractivity (Wildman–Crippen MR) is 95.9 cm³/mol. The third-order valence-corrected chi connectivity index (χ3v) is 6.81. The van der Waals surface area contributed by atoms with E-state index in [2.05, 4.69) is 21.9 Å². The molecule has 1 saturated carbocycles. The molecule has 0 bridgehead atoms. The maximum Gasteiger partial charge on any atom is 0.138 e. The minimum Gasteiger partial charge on any atom is -0.361 e. The number of piperidine rings is 1. The summed E-state index contributed by atoms with van der Waals surface area (Å²) in [6, 6.07) is 0. The lowest BCUT2D eigenvalue weighted by Gasteiger charge is -2.40. The molecule has 1 spiro atoms. The molecule has 3 heterocycles. The standard InChI is InChI=1S/C20H33N3O/c1-16-19(17(2)24-21-16)13-22-10-5-8-20(14-22)9-11-23(15-20)12-18-6-3-4-7-18/h18H,3-15H2,1-2H3/t20-/m0/s1. The van der Waals surface area contributed by atoms with Crippen LogP contribution in [-0.2, 0) is 6.54 Å². The van der Waals surface area contributed by atoms with Crippen molar-refractivity contribution in [2.75, 3.05) is 32.7 Å². The first-order chi connectivity index (χ1) is 11.6. The Bertz CT molecular complexity index is 544. The Morgan fingerprint density at radius 1 is 1.04 bits per heavy atom. The van der Waals surface area contributed by atoms with Crippen LogP contribution in [0.25, 0.3) is 0 Å². The quantitative estimate of drug-likeness (QED) is 0.841. The van der Waals surface area contributed by atoms with E-state index in [0.29, 0.717) is 5.41 Å². The van der Waals surface area contributed by atoms with E-state index in [9.17, 15) is 0 Å². The van der Waals surface area contributed by atoms with Gasteiger partial charge < -0.3 is 9.42 Å². The van der Waals surface area contributed by atoms with Gasteiger partial charge in [-0.3, -0.25) is 4.90 Å². The molecule has 0 N–H and O–H groups in total. The molecule has 3 aliphatic rings. The summed E-state index contributed by atoms with van der Waals surface area (Å²) in [6.07, 6.45) is 10.1. The van der Waals surface area contributed by atoms with Crippen molar-refractivity contribution in [3.05, 3.63) is 17.0 Å². The van der Waals surface area contributed by atoms with Crippen LogP contribution in [0.2, 0.25) is 0 Å². The first-order valence-corrected chi connectivity index (χ1v) is 10.0. The van der Waals surface area contributed by atoms with E-state index in [1.54, 1.807) is 0 Å². The monoisotopic (exact) mass is 331 g/mol. The molecule has 24 heavy (non-hydrogen) atoms. The van der Waals surface area contributed by atoms with Gasteiger partial charge in [0, 0.05) is 31.7 Å². The van der Waals surface area contributed by atoms with Crippen LogP contribution in [0, 0.1) is 25.2 Å². The molecule has 2 aliphatic heterocycles. The molecule has 4 heteroatoms. The van der Waals surface area contributed by atoms with Gasteiger partial charge in [0.1, 0.15) is 5.76 Å². The van der Waals surface area contributed by atoms with E-state index in [-0.39, 0.29) is 0 Å². The van der Waals surface area contributed by atoms with Gasteiger partial charge in [-0.15, -0.1) is 0 Å². The lowest BCUT2D eigenvalue weighted by Crippen LogP contribution is -2.44. The highest BCUT2D eigenvalue weighted by Gasteiger charge is 2.41. The topological polar surface area (TPSA) is 32.5 Å². The SMILES string of the molecule is Cc1noc(C)c1CN1CCC[C@]2(CCN(CC3CCCC3)C2)C1. The number of nitrogens with zero attached hydrogens (tertiary/aromatic N) is 3. The van der Waals surface area contributed by atoms with E-state index in [1.807, 2.05) is 6.92 Å². The molecule has 3 fully saturated rings. The van der Waals surface area contributed by atoms with Gasteiger partial charge in [-0.2, -0.15) is 0 Å². The molecule has 0 amide bonds. The van der Waals surface area contributed by atoms with Crippen LogP contribution in [0.5, 0.6) is 0 Å². The summed E-state index contributed by atoms with van der Waals surface area (Å²) in [5.74, 6) is 1.99. The molecule has 1 aromatic heterocycles. The number of rotatable bonds is 4. The van der Waals surface area contributed by atoms with Crippen LogP contribution in [-0.4, -0.2) is 47.7 Å². The van der Waals surface area contributed by atoms with Crippen molar-refractivity contribution in [3.63, 3.8) is 0 Å². The van der Waals surface area contributed by atoms with Crippen LogP contribution in [0.3, 0.4) is 0 Å². The number of hydrogen-bond acceptors (Lipinski definition) is 4. The first kappa shape index (κ1) is 16.6. The van der Waals surface area contributed by atoms with Crippen molar-refractivity contribution < 1.29 is 4.52 Å². The van der Waals surface area contributed by atoms with Gasteiger partial charge in [0.05, 0.1) is 5.69 Å². The summed E-state index contributed by atoms with van der Waals surface area (Å²) in [6.45, 7) is 11.7. The first-order valence-electron chi connectivity index (χ1n) is 10.0. The Labute approximate surface area is 146 Å². The van der Waals surface area contributed by atoms with Gasteiger partial charge in [-0.25, -0.2) is 0 Å². The predicted octanol–water partition coefficient (Wildman–Crippen LogP) is 3.77. The summed E-state index contributed by atoms with van der Waals surface area (Å²) >= 11 is 0. The van der Waals surface area contributed by atoms with Gasteiger partial charge in [0.2, 0.25) is 0 Å². The minimum absolute atomic E-state index is 0.551. The number of aromatic nitrogens is 1. The van der Waals surface area contributed by atoms with Crippen LogP contribution in [0.4, 0.5) is 0 Å². The summed E-state index contributed by atoms with van der Waals surface area (Å²) in [5.41, 5.74) is 2.93.